The molecule has 0 unspecified atom stereocenters. The fourth-order valence-corrected chi connectivity index (χ4v) is 3.77. The van der Waals surface area contributed by atoms with E-state index in [2.05, 4.69) is 45.2 Å². The first kappa shape index (κ1) is 18.5. The predicted molar refractivity (Wildman–Crippen MR) is 113 cm³/mol. The molecule has 1 aromatic carbocycles. The number of aromatic amines is 1. The third-order valence-electron chi connectivity index (χ3n) is 5.32. The van der Waals surface area contributed by atoms with Gasteiger partial charge in [-0.15, -0.1) is 0 Å². The highest BCUT2D eigenvalue weighted by atomic mass is 16.1. The lowest BCUT2D eigenvalue weighted by atomic mass is 9.97. The summed E-state index contributed by atoms with van der Waals surface area (Å²) in [7, 11) is 0. The van der Waals surface area contributed by atoms with E-state index < -0.39 is 0 Å². The predicted octanol–water partition coefficient (Wildman–Crippen LogP) is 3.42. The minimum Gasteiger partial charge on any atom is -0.367 e. The van der Waals surface area contributed by atoms with Crippen LogP contribution in [-0.2, 0) is 11.3 Å². The van der Waals surface area contributed by atoms with Crippen LogP contribution in [0.5, 0.6) is 0 Å². The Labute approximate surface area is 165 Å². The molecule has 2 aromatic heterocycles. The van der Waals surface area contributed by atoms with Crippen molar-refractivity contribution < 1.29 is 4.79 Å². The van der Waals surface area contributed by atoms with E-state index in [9.17, 15) is 4.79 Å². The minimum atomic E-state index is 0.0598. The first-order valence-corrected chi connectivity index (χ1v) is 10.0. The molecule has 6 heteroatoms. The van der Waals surface area contributed by atoms with Crippen LogP contribution >= 0.6 is 0 Å². The number of piperidine rings is 1. The van der Waals surface area contributed by atoms with Gasteiger partial charge in [-0.2, -0.15) is 0 Å². The Bertz CT molecular complexity index is 958. The number of nitrogens with one attached hydrogen (secondary N) is 4. The average Bonchev–Trinajstić information content (AvgIpc) is 3.21. The maximum Gasteiger partial charge on any atom is 0.219 e. The summed E-state index contributed by atoms with van der Waals surface area (Å²) in [4.78, 5) is 19.8. The van der Waals surface area contributed by atoms with Crippen LogP contribution in [0.2, 0.25) is 0 Å². The molecule has 0 bridgehead atoms. The molecule has 0 atom stereocenters. The molecule has 1 aliphatic rings. The zero-order chi connectivity index (χ0) is 19.3. The molecular weight excluding hydrogens is 350 g/mol. The molecular formula is C22H27N5O. The number of fused-ring (bicyclic) bond motifs is 1. The third kappa shape index (κ3) is 4.02. The van der Waals surface area contributed by atoms with Crippen LogP contribution in [0, 0.1) is 0 Å². The van der Waals surface area contributed by atoms with Crippen LogP contribution in [0.15, 0.2) is 42.6 Å². The SMILES string of the molecule is CCC(=O)NCc1ccccc1-c1cc(NC2CCNCC2)nc2[nH]ccc12. The molecule has 0 saturated carbocycles. The normalized spacial score (nSPS) is 14.9. The summed E-state index contributed by atoms with van der Waals surface area (Å²) >= 11 is 0. The number of aromatic nitrogens is 2. The van der Waals surface area contributed by atoms with E-state index in [0.717, 1.165) is 59.5 Å². The first-order valence-electron chi connectivity index (χ1n) is 10.0. The van der Waals surface area contributed by atoms with Crippen molar-refractivity contribution in [3.05, 3.63) is 48.2 Å². The zero-order valence-corrected chi connectivity index (χ0v) is 16.2. The van der Waals surface area contributed by atoms with Gasteiger partial charge in [0, 0.05) is 30.6 Å². The number of hydrogen-bond donors (Lipinski definition) is 4. The van der Waals surface area contributed by atoms with Gasteiger partial charge in [0.15, 0.2) is 0 Å². The third-order valence-corrected chi connectivity index (χ3v) is 5.32. The molecule has 28 heavy (non-hydrogen) atoms. The van der Waals surface area contributed by atoms with Gasteiger partial charge in [0.2, 0.25) is 5.91 Å². The number of benzene rings is 1. The molecule has 1 amide bonds. The minimum absolute atomic E-state index is 0.0598. The van der Waals surface area contributed by atoms with Gasteiger partial charge in [0.05, 0.1) is 0 Å². The smallest absolute Gasteiger partial charge is 0.219 e. The second-order valence-corrected chi connectivity index (χ2v) is 7.25. The van der Waals surface area contributed by atoms with E-state index in [-0.39, 0.29) is 5.91 Å². The lowest BCUT2D eigenvalue weighted by Gasteiger charge is -2.24. The zero-order valence-electron chi connectivity index (χ0n) is 16.2. The van der Waals surface area contributed by atoms with Gasteiger partial charge in [0.25, 0.3) is 0 Å². The van der Waals surface area contributed by atoms with Gasteiger partial charge < -0.3 is 20.9 Å². The largest absolute Gasteiger partial charge is 0.367 e. The van der Waals surface area contributed by atoms with Gasteiger partial charge in [0.1, 0.15) is 11.5 Å². The van der Waals surface area contributed by atoms with E-state index in [1.54, 1.807) is 0 Å². The summed E-state index contributed by atoms with van der Waals surface area (Å²) in [6.07, 6.45) is 4.61. The summed E-state index contributed by atoms with van der Waals surface area (Å²) in [6.45, 7) is 4.46. The summed E-state index contributed by atoms with van der Waals surface area (Å²) in [5, 5.41) is 11.1. The topological polar surface area (TPSA) is 81.8 Å². The number of carbonyl (C=O) groups excluding carboxylic acids is 1. The Kier molecular flexibility index (Phi) is 5.58. The maximum absolute atomic E-state index is 11.7. The van der Waals surface area contributed by atoms with Gasteiger partial charge in [-0.1, -0.05) is 31.2 Å². The Hall–Kier alpha value is -2.86. The number of hydrogen-bond acceptors (Lipinski definition) is 4. The summed E-state index contributed by atoms with van der Waals surface area (Å²) in [5.74, 6) is 0.953. The van der Waals surface area contributed by atoms with E-state index in [0.29, 0.717) is 19.0 Å². The molecule has 6 nitrogen and oxygen atoms in total. The molecule has 3 aromatic rings. The van der Waals surface area contributed by atoms with Gasteiger partial charge in [-0.25, -0.2) is 4.98 Å². The Morgan fingerprint density at radius 2 is 2.00 bits per heavy atom. The lowest BCUT2D eigenvalue weighted by molar-refractivity contribution is -0.120. The van der Waals surface area contributed by atoms with E-state index >= 15 is 0 Å². The number of H-pyrrole nitrogens is 1. The van der Waals surface area contributed by atoms with Crippen LogP contribution in [0.1, 0.15) is 31.7 Å². The number of carbonyl (C=O) groups is 1. The Morgan fingerprint density at radius 1 is 1.18 bits per heavy atom. The second-order valence-electron chi connectivity index (χ2n) is 7.25. The van der Waals surface area contributed by atoms with Crippen LogP contribution < -0.4 is 16.0 Å². The van der Waals surface area contributed by atoms with Crippen LogP contribution in [0.25, 0.3) is 22.2 Å². The van der Waals surface area contributed by atoms with Crippen LogP contribution in [0.4, 0.5) is 5.82 Å². The Morgan fingerprint density at radius 3 is 2.82 bits per heavy atom. The average molecular weight is 377 g/mol. The number of anilines is 1. The molecule has 0 radical (unpaired) electrons. The van der Waals surface area contributed by atoms with E-state index in [1.165, 1.54) is 0 Å². The van der Waals surface area contributed by atoms with Crippen molar-refractivity contribution in [2.45, 2.75) is 38.8 Å². The molecule has 3 heterocycles. The summed E-state index contributed by atoms with van der Waals surface area (Å²) < 4.78 is 0. The second kappa shape index (κ2) is 8.44. The van der Waals surface area contributed by atoms with E-state index in [1.807, 2.05) is 25.3 Å². The maximum atomic E-state index is 11.7. The number of pyridine rings is 1. The van der Waals surface area contributed by atoms with Crippen molar-refractivity contribution >= 4 is 22.8 Å². The molecule has 1 aliphatic heterocycles. The highest BCUT2D eigenvalue weighted by Crippen LogP contribution is 2.32. The molecule has 146 valence electrons. The van der Waals surface area contributed by atoms with Crippen molar-refractivity contribution in [1.29, 1.82) is 0 Å². The number of amides is 1. The van der Waals surface area contributed by atoms with Crippen molar-refractivity contribution in [3.8, 4) is 11.1 Å². The number of nitrogens with zero attached hydrogens (tertiary/aromatic N) is 1. The molecule has 0 aliphatic carbocycles. The fourth-order valence-electron chi connectivity index (χ4n) is 3.77. The quantitative estimate of drug-likeness (QED) is 0.531. The molecule has 4 N–H and O–H groups in total. The highest BCUT2D eigenvalue weighted by Gasteiger charge is 2.16. The van der Waals surface area contributed by atoms with Crippen LogP contribution in [0.3, 0.4) is 0 Å². The molecule has 0 spiro atoms. The number of rotatable bonds is 6. The van der Waals surface area contributed by atoms with Gasteiger partial charge in [-0.05, 0) is 54.8 Å². The summed E-state index contributed by atoms with van der Waals surface area (Å²) in [5.41, 5.74) is 4.23. The van der Waals surface area contributed by atoms with E-state index in [4.69, 9.17) is 4.98 Å². The molecule has 4 rings (SSSR count). The van der Waals surface area contributed by atoms with Crippen molar-refractivity contribution in [2.75, 3.05) is 18.4 Å². The Balaban J connectivity index is 1.69. The monoisotopic (exact) mass is 377 g/mol. The van der Waals surface area contributed by atoms with Crippen molar-refractivity contribution in [2.24, 2.45) is 0 Å². The fraction of sp³-hybridized carbons (Fsp3) is 0.364. The highest BCUT2D eigenvalue weighted by molar-refractivity contribution is 5.95. The molecule has 1 saturated heterocycles. The first-order chi connectivity index (χ1) is 13.7. The van der Waals surface area contributed by atoms with Crippen molar-refractivity contribution in [1.82, 2.24) is 20.6 Å². The molecule has 1 fully saturated rings. The van der Waals surface area contributed by atoms with Crippen LogP contribution in [-0.4, -0.2) is 35.0 Å². The standard InChI is InChI=1S/C22H27N5O/c1-2-21(28)25-14-15-5-3-4-6-17(15)19-13-20(26-16-7-10-23-11-8-16)27-22-18(19)9-12-24-22/h3-6,9,12-13,16,23H,2,7-8,10-11,14H2,1H3,(H,25,28)(H2,24,26,27). The summed E-state index contributed by atoms with van der Waals surface area (Å²) in [6, 6.07) is 12.9. The van der Waals surface area contributed by atoms with Crippen molar-refractivity contribution in [3.63, 3.8) is 0 Å². The van der Waals surface area contributed by atoms with Gasteiger partial charge in [-0.3, -0.25) is 4.79 Å². The lowest BCUT2D eigenvalue weighted by Crippen LogP contribution is -2.35. The van der Waals surface area contributed by atoms with Gasteiger partial charge >= 0.3 is 0 Å².